The molecule has 3 heteroatoms. The maximum atomic E-state index is 11.9. The lowest BCUT2D eigenvalue weighted by Crippen LogP contribution is -2.54. The summed E-state index contributed by atoms with van der Waals surface area (Å²) < 4.78 is 6.02. The zero-order chi connectivity index (χ0) is 17.4. The molecule has 3 saturated carbocycles. The summed E-state index contributed by atoms with van der Waals surface area (Å²) in [5, 5.41) is 0. The molecule has 0 aromatic carbocycles. The van der Waals surface area contributed by atoms with Crippen molar-refractivity contribution in [2.24, 2.45) is 35.0 Å². The van der Waals surface area contributed by atoms with Crippen LogP contribution in [0.15, 0.2) is 11.6 Å². The molecule has 1 heterocycles. The van der Waals surface area contributed by atoms with Gasteiger partial charge < -0.3 is 4.74 Å². The second kappa shape index (κ2) is 5.20. The lowest BCUT2D eigenvalue weighted by atomic mass is 9.48. The highest BCUT2D eigenvalue weighted by atomic mass is 16.6. The Balaban J connectivity index is 1.49. The van der Waals surface area contributed by atoms with Gasteiger partial charge in [0.1, 0.15) is 5.60 Å². The molecule has 4 aliphatic carbocycles. The molecule has 5 aliphatic rings. The number of carbonyl (C=O) groups excluding carboxylic acids is 2. The Bertz CT molecular complexity index is 664. The number of allylic oxidation sites excluding steroid dienone is 1. The fraction of sp³-hybridized carbons (Fsp3) is 0.818. The zero-order valence-corrected chi connectivity index (χ0v) is 15.6. The molecule has 0 aromatic heterocycles. The first-order chi connectivity index (χ1) is 11.9. The Morgan fingerprint density at radius 1 is 1.08 bits per heavy atom. The van der Waals surface area contributed by atoms with E-state index in [1.807, 2.05) is 6.08 Å². The molecule has 0 bridgehead atoms. The van der Waals surface area contributed by atoms with Gasteiger partial charge in [-0.05, 0) is 80.6 Å². The van der Waals surface area contributed by atoms with Crippen LogP contribution in [0.25, 0.3) is 0 Å². The predicted octanol–water partition coefficient (Wildman–Crippen LogP) is 4.45. The van der Waals surface area contributed by atoms with Crippen LogP contribution >= 0.6 is 0 Å². The van der Waals surface area contributed by atoms with Crippen molar-refractivity contribution in [3.8, 4) is 0 Å². The minimum Gasteiger partial charge on any atom is -0.458 e. The van der Waals surface area contributed by atoms with E-state index in [0.29, 0.717) is 30.0 Å². The van der Waals surface area contributed by atoms with Crippen molar-refractivity contribution in [2.45, 2.75) is 77.2 Å². The van der Waals surface area contributed by atoms with E-state index in [0.717, 1.165) is 43.9 Å². The average molecular weight is 342 g/mol. The number of ketones is 1. The molecule has 4 fully saturated rings. The van der Waals surface area contributed by atoms with Crippen LogP contribution in [0.1, 0.15) is 71.6 Å². The quantitative estimate of drug-likeness (QED) is 0.611. The Kier molecular flexibility index (Phi) is 3.35. The fourth-order valence-corrected chi connectivity index (χ4v) is 7.88. The highest BCUT2D eigenvalue weighted by Crippen LogP contribution is 2.68. The Morgan fingerprint density at radius 3 is 2.68 bits per heavy atom. The summed E-state index contributed by atoms with van der Waals surface area (Å²) in [4.78, 5) is 23.8. The Hall–Kier alpha value is -1.12. The van der Waals surface area contributed by atoms with Crippen molar-refractivity contribution in [2.75, 3.05) is 0 Å². The van der Waals surface area contributed by atoms with Crippen LogP contribution in [0.3, 0.4) is 0 Å². The molecule has 1 spiro atoms. The van der Waals surface area contributed by atoms with E-state index in [2.05, 4.69) is 13.8 Å². The van der Waals surface area contributed by atoms with E-state index in [-0.39, 0.29) is 17.0 Å². The molecular formula is C22H30O3. The first kappa shape index (κ1) is 16.1. The van der Waals surface area contributed by atoms with Gasteiger partial charge in [-0.2, -0.15) is 0 Å². The summed E-state index contributed by atoms with van der Waals surface area (Å²) in [6, 6.07) is 0. The van der Waals surface area contributed by atoms with Crippen molar-refractivity contribution in [3.05, 3.63) is 11.6 Å². The van der Waals surface area contributed by atoms with Crippen LogP contribution in [-0.4, -0.2) is 17.4 Å². The van der Waals surface area contributed by atoms with Gasteiger partial charge in [-0.15, -0.1) is 0 Å². The molecule has 25 heavy (non-hydrogen) atoms. The average Bonchev–Trinajstić information content (AvgIpc) is 3.09. The topological polar surface area (TPSA) is 43.4 Å². The monoisotopic (exact) mass is 342 g/mol. The highest BCUT2D eigenvalue weighted by molar-refractivity contribution is 5.91. The standard InChI is InChI=1S/C22H30O3/c1-13-11-14-12-15(23)3-4-16(14)17-5-8-21(2)18(20(13)17)6-9-22(21)10-7-19(24)25-22/h12-13,16-18,20H,3-11H2,1-2H3/t13?,16-,17?,18?,20?,21-,22+/m0/s1. The molecule has 3 nitrogen and oxygen atoms in total. The SMILES string of the molecule is CC1CC2=CC(=O)CC[C@@H]2C2CC[C@@]3(C)C(CC[C@@]34CCC(=O)O4)C12. The number of hydrogen-bond donors (Lipinski definition) is 0. The van der Waals surface area contributed by atoms with Gasteiger partial charge in [0.15, 0.2) is 5.78 Å². The molecule has 5 rings (SSSR count). The molecule has 0 radical (unpaired) electrons. The summed E-state index contributed by atoms with van der Waals surface area (Å²) in [6.07, 6.45) is 11.2. The van der Waals surface area contributed by atoms with Crippen molar-refractivity contribution < 1.29 is 14.3 Å². The summed E-state index contributed by atoms with van der Waals surface area (Å²) >= 11 is 0. The van der Waals surface area contributed by atoms with Crippen LogP contribution in [-0.2, 0) is 14.3 Å². The molecule has 4 unspecified atom stereocenters. The fourth-order valence-electron chi connectivity index (χ4n) is 7.88. The molecular weight excluding hydrogens is 312 g/mol. The van der Waals surface area contributed by atoms with E-state index >= 15 is 0 Å². The van der Waals surface area contributed by atoms with Gasteiger partial charge in [-0.3, -0.25) is 9.59 Å². The molecule has 136 valence electrons. The van der Waals surface area contributed by atoms with Crippen molar-refractivity contribution in [1.29, 1.82) is 0 Å². The molecule has 1 aliphatic heterocycles. The molecule has 0 amide bonds. The van der Waals surface area contributed by atoms with Crippen molar-refractivity contribution in [1.82, 2.24) is 0 Å². The van der Waals surface area contributed by atoms with Crippen LogP contribution in [0.5, 0.6) is 0 Å². The smallest absolute Gasteiger partial charge is 0.306 e. The van der Waals surface area contributed by atoms with Gasteiger partial charge in [0, 0.05) is 18.3 Å². The van der Waals surface area contributed by atoms with E-state index in [4.69, 9.17) is 4.74 Å². The summed E-state index contributed by atoms with van der Waals surface area (Å²) in [7, 11) is 0. The number of ether oxygens (including phenoxy) is 1. The van der Waals surface area contributed by atoms with Crippen molar-refractivity contribution >= 4 is 11.8 Å². The summed E-state index contributed by atoms with van der Waals surface area (Å²) in [6.45, 7) is 4.84. The molecule has 7 atom stereocenters. The third-order valence-corrected chi connectivity index (χ3v) is 8.97. The maximum absolute atomic E-state index is 11.9. The van der Waals surface area contributed by atoms with Gasteiger partial charge in [-0.25, -0.2) is 0 Å². The van der Waals surface area contributed by atoms with Crippen LogP contribution in [0, 0.1) is 35.0 Å². The molecule has 0 N–H and O–H groups in total. The van der Waals surface area contributed by atoms with Gasteiger partial charge >= 0.3 is 5.97 Å². The Morgan fingerprint density at radius 2 is 1.92 bits per heavy atom. The molecule has 1 saturated heterocycles. The predicted molar refractivity (Wildman–Crippen MR) is 94.7 cm³/mol. The minimum absolute atomic E-state index is 0.0247. The van der Waals surface area contributed by atoms with Gasteiger partial charge in [-0.1, -0.05) is 19.4 Å². The van der Waals surface area contributed by atoms with E-state index in [1.165, 1.54) is 24.8 Å². The first-order valence-electron chi connectivity index (χ1n) is 10.4. The lowest BCUT2D eigenvalue weighted by Gasteiger charge is -2.57. The summed E-state index contributed by atoms with van der Waals surface area (Å²) in [5.74, 6) is 3.83. The van der Waals surface area contributed by atoms with Crippen LogP contribution in [0.2, 0.25) is 0 Å². The normalized spacial score (nSPS) is 51.6. The van der Waals surface area contributed by atoms with Crippen LogP contribution in [0.4, 0.5) is 0 Å². The Labute approximate surface area is 150 Å². The first-order valence-corrected chi connectivity index (χ1v) is 10.4. The molecule has 0 aromatic rings. The number of rotatable bonds is 0. The minimum atomic E-state index is -0.169. The van der Waals surface area contributed by atoms with E-state index in [1.54, 1.807) is 0 Å². The zero-order valence-electron chi connectivity index (χ0n) is 15.6. The van der Waals surface area contributed by atoms with Gasteiger partial charge in [0.05, 0.1) is 0 Å². The number of fused-ring (bicyclic) bond motifs is 6. The van der Waals surface area contributed by atoms with Crippen LogP contribution < -0.4 is 0 Å². The second-order valence-corrected chi connectivity index (χ2v) is 9.82. The maximum Gasteiger partial charge on any atom is 0.306 e. The van der Waals surface area contributed by atoms with E-state index in [9.17, 15) is 9.59 Å². The third-order valence-electron chi connectivity index (χ3n) is 8.97. The number of esters is 1. The van der Waals surface area contributed by atoms with Gasteiger partial charge in [0.25, 0.3) is 0 Å². The highest BCUT2D eigenvalue weighted by Gasteiger charge is 2.66. The van der Waals surface area contributed by atoms with Gasteiger partial charge in [0.2, 0.25) is 0 Å². The van der Waals surface area contributed by atoms with Crippen molar-refractivity contribution in [3.63, 3.8) is 0 Å². The number of carbonyl (C=O) groups is 2. The number of hydrogen-bond acceptors (Lipinski definition) is 3. The summed E-state index contributed by atoms with van der Waals surface area (Å²) in [5.41, 5.74) is 1.45. The lowest BCUT2D eigenvalue weighted by molar-refractivity contribution is -0.167. The largest absolute Gasteiger partial charge is 0.458 e. The second-order valence-electron chi connectivity index (χ2n) is 9.82. The third kappa shape index (κ3) is 2.04. The van der Waals surface area contributed by atoms with E-state index < -0.39 is 0 Å².